The predicted octanol–water partition coefficient (Wildman–Crippen LogP) is 0.301. The van der Waals surface area contributed by atoms with Crippen molar-refractivity contribution in [3.63, 3.8) is 0 Å². The molecule has 1 saturated heterocycles. The first-order valence-electron chi connectivity index (χ1n) is 6.44. The molecule has 7 heteroatoms. The Labute approximate surface area is 113 Å². The van der Waals surface area contributed by atoms with Gasteiger partial charge in [0.1, 0.15) is 6.33 Å². The van der Waals surface area contributed by atoms with Crippen molar-refractivity contribution in [1.29, 1.82) is 0 Å². The highest BCUT2D eigenvalue weighted by Crippen LogP contribution is 2.33. The maximum Gasteiger partial charge on any atom is 0.205 e. The van der Waals surface area contributed by atoms with E-state index in [1.54, 1.807) is 7.11 Å². The van der Waals surface area contributed by atoms with E-state index >= 15 is 0 Å². The van der Waals surface area contributed by atoms with Crippen molar-refractivity contribution in [2.75, 3.05) is 44.6 Å². The lowest BCUT2D eigenvalue weighted by Gasteiger charge is -2.36. The molecule has 3 N–H and O–H groups in total. The van der Waals surface area contributed by atoms with Crippen molar-refractivity contribution in [3.05, 3.63) is 6.33 Å². The van der Waals surface area contributed by atoms with E-state index in [2.05, 4.69) is 32.2 Å². The molecule has 1 fully saturated rings. The number of piperidine rings is 1. The molecule has 1 aliphatic heterocycles. The molecule has 7 nitrogen and oxygen atoms in total. The highest BCUT2D eigenvalue weighted by atomic mass is 16.5. The molecule has 19 heavy (non-hydrogen) atoms. The average Bonchev–Trinajstić information content (AvgIpc) is 2.46. The van der Waals surface area contributed by atoms with Crippen LogP contribution in [0.4, 0.5) is 11.6 Å². The maximum absolute atomic E-state index is 5.45. The first-order chi connectivity index (χ1) is 9.17. The molecule has 1 aromatic heterocycles. The van der Waals surface area contributed by atoms with Crippen molar-refractivity contribution in [2.45, 2.75) is 18.9 Å². The van der Waals surface area contributed by atoms with Crippen LogP contribution in [0.3, 0.4) is 0 Å². The van der Waals surface area contributed by atoms with E-state index in [4.69, 9.17) is 10.6 Å². The Hall–Kier alpha value is -1.60. The lowest BCUT2D eigenvalue weighted by molar-refractivity contribution is 0.252. The van der Waals surface area contributed by atoms with Crippen LogP contribution >= 0.6 is 0 Å². The molecule has 106 valence electrons. The molecule has 0 radical (unpaired) electrons. The molecule has 0 unspecified atom stereocenters. The van der Waals surface area contributed by atoms with Gasteiger partial charge in [-0.05, 0) is 33.0 Å². The van der Waals surface area contributed by atoms with Gasteiger partial charge in [0.2, 0.25) is 5.75 Å². The van der Waals surface area contributed by atoms with E-state index in [1.807, 2.05) is 7.05 Å². The van der Waals surface area contributed by atoms with Gasteiger partial charge in [-0.2, -0.15) is 0 Å². The Kier molecular flexibility index (Phi) is 4.39. The van der Waals surface area contributed by atoms with Crippen LogP contribution in [0, 0.1) is 0 Å². The van der Waals surface area contributed by atoms with E-state index in [-0.39, 0.29) is 0 Å². The Bertz CT molecular complexity index is 419. The first-order valence-corrected chi connectivity index (χ1v) is 6.44. The summed E-state index contributed by atoms with van der Waals surface area (Å²) in [5, 5.41) is 0. The summed E-state index contributed by atoms with van der Waals surface area (Å²) in [6.45, 7) is 2.20. The van der Waals surface area contributed by atoms with Crippen LogP contribution in [0.25, 0.3) is 0 Å². The average molecular weight is 266 g/mol. The molecule has 2 rings (SSSR count). The Balaban J connectivity index is 2.21. The number of aromatic nitrogens is 2. The molecular weight excluding hydrogens is 244 g/mol. The molecule has 1 aliphatic rings. The van der Waals surface area contributed by atoms with Gasteiger partial charge in [-0.25, -0.2) is 15.8 Å². The molecule has 1 aromatic rings. The van der Waals surface area contributed by atoms with Crippen LogP contribution < -0.4 is 20.9 Å². The lowest BCUT2D eigenvalue weighted by atomic mass is 10.0. The summed E-state index contributed by atoms with van der Waals surface area (Å²) >= 11 is 0. The topological polar surface area (TPSA) is 79.5 Å². The number of likely N-dealkylation sites (tertiary alicyclic amines) is 1. The monoisotopic (exact) mass is 266 g/mol. The van der Waals surface area contributed by atoms with Gasteiger partial charge in [-0.15, -0.1) is 0 Å². The fraction of sp³-hybridized carbons (Fsp3) is 0.667. The highest BCUT2D eigenvalue weighted by Gasteiger charge is 2.24. The number of nitrogens with zero attached hydrogens (tertiary/aromatic N) is 4. The van der Waals surface area contributed by atoms with Crippen molar-refractivity contribution >= 4 is 11.6 Å². The maximum atomic E-state index is 5.45. The first kappa shape index (κ1) is 13.8. The van der Waals surface area contributed by atoms with E-state index in [1.165, 1.54) is 6.33 Å². The quantitative estimate of drug-likeness (QED) is 0.599. The van der Waals surface area contributed by atoms with Crippen LogP contribution in [0.5, 0.6) is 5.75 Å². The number of rotatable bonds is 4. The zero-order chi connectivity index (χ0) is 13.8. The number of methoxy groups -OCH3 is 1. The van der Waals surface area contributed by atoms with Gasteiger partial charge < -0.3 is 20.0 Å². The second-order valence-corrected chi connectivity index (χ2v) is 4.87. The molecule has 0 aliphatic carbocycles. The number of nitrogens with two attached hydrogens (primary N) is 1. The summed E-state index contributed by atoms with van der Waals surface area (Å²) in [5.41, 5.74) is 2.54. The summed E-state index contributed by atoms with van der Waals surface area (Å²) in [4.78, 5) is 12.9. The van der Waals surface area contributed by atoms with Crippen molar-refractivity contribution in [2.24, 2.45) is 5.84 Å². The number of ether oxygens (including phenoxy) is 1. The number of anilines is 2. The third-order valence-corrected chi connectivity index (χ3v) is 3.70. The second kappa shape index (κ2) is 6.03. The fourth-order valence-electron chi connectivity index (χ4n) is 2.46. The Morgan fingerprint density at radius 1 is 1.42 bits per heavy atom. The van der Waals surface area contributed by atoms with Gasteiger partial charge in [0.05, 0.1) is 7.11 Å². The SMILES string of the molecule is COc1c(NN)ncnc1N(C)C1CCN(C)CC1. The summed E-state index contributed by atoms with van der Waals surface area (Å²) in [6.07, 6.45) is 3.73. The number of nitrogens with one attached hydrogen (secondary N) is 1. The summed E-state index contributed by atoms with van der Waals surface area (Å²) < 4.78 is 5.38. The van der Waals surface area contributed by atoms with Crippen LogP contribution in [0.1, 0.15) is 12.8 Å². The predicted molar refractivity (Wildman–Crippen MR) is 75.3 cm³/mol. The number of hydrogen-bond donors (Lipinski definition) is 2. The van der Waals surface area contributed by atoms with Crippen LogP contribution in [-0.4, -0.2) is 55.2 Å². The zero-order valence-corrected chi connectivity index (χ0v) is 11.8. The Morgan fingerprint density at radius 3 is 2.68 bits per heavy atom. The van der Waals surface area contributed by atoms with Gasteiger partial charge in [-0.3, -0.25) is 0 Å². The molecule has 0 bridgehead atoms. The standard InChI is InChI=1S/C12H22N6O/c1-17-6-4-9(5-7-17)18(2)12-10(19-3)11(16-13)14-8-15-12/h8-9H,4-7,13H2,1-3H3,(H,14,15,16). The minimum atomic E-state index is 0.464. The smallest absolute Gasteiger partial charge is 0.205 e. The van der Waals surface area contributed by atoms with Crippen molar-refractivity contribution in [3.8, 4) is 5.75 Å². The van der Waals surface area contributed by atoms with Crippen molar-refractivity contribution in [1.82, 2.24) is 14.9 Å². The van der Waals surface area contributed by atoms with Crippen LogP contribution in [0.15, 0.2) is 6.33 Å². The van der Waals surface area contributed by atoms with E-state index in [0.717, 1.165) is 31.7 Å². The van der Waals surface area contributed by atoms with Crippen LogP contribution in [-0.2, 0) is 0 Å². The second-order valence-electron chi connectivity index (χ2n) is 4.87. The molecule has 2 heterocycles. The number of hydrogen-bond acceptors (Lipinski definition) is 7. The number of hydrazine groups is 1. The number of nitrogen functional groups attached to an aromatic ring is 1. The third-order valence-electron chi connectivity index (χ3n) is 3.70. The van der Waals surface area contributed by atoms with Gasteiger partial charge >= 0.3 is 0 Å². The largest absolute Gasteiger partial charge is 0.490 e. The van der Waals surface area contributed by atoms with Gasteiger partial charge in [0, 0.05) is 13.1 Å². The molecule has 0 atom stereocenters. The zero-order valence-electron chi connectivity index (χ0n) is 11.8. The summed E-state index contributed by atoms with van der Waals surface area (Å²) in [7, 11) is 5.80. The van der Waals surface area contributed by atoms with Gasteiger partial charge in [0.15, 0.2) is 11.6 Å². The highest BCUT2D eigenvalue weighted by molar-refractivity contribution is 5.64. The molecule has 0 spiro atoms. The summed E-state index contributed by atoms with van der Waals surface area (Å²) in [5.74, 6) is 7.32. The normalized spacial score (nSPS) is 17.3. The van der Waals surface area contributed by atoms with E-state index in [0.29, 0.717) is 17.6 Å². The Morgan fingerprint density at radius 2 is 2.11 bits per heavy atom. The molecular formula is C12H22N6O. The minimum Gasteiger partial charge on any atom is -0.490 e. The molecule has 0 amide bonds. The summed E-state index contributed by atoms with van der Waals surface area (Å²) in [6, 6.07) is 0.464. The van der Waals surface area contributed by atoms with Crippen molar-refractivity contribution < 1.29 is 4.74 Å². The molecule has 0 saturated carbocycles. The minimum absolute atomic E-state index is 0.464. The van der Waals surface area contributed by atoms with E-state index < -0.39 is 0 Å². The van der Waals surface area contributed by atoms with Gasteiger partial charge in [0.25, 0.3) is 0 Å². The van der Waals surface area contributed by atoms with Gasteiger partial charge in [-0.1, -0.05) is 0 Å². The lowest BCUT2D eigenvalue weighted by Crippen LogP contribution is -2.42. The van der Waals surface area contributed by atoms with Crippen LogP contribution in [0.2, 0.25) is 0 Å². The van der Waals surface area contributed by atoms with E-state index in [9.17, 15) is 0 Å². The fourth-order valence-corrected chi connectivity index (χ4v) is 2.46. The molecule has 0 aromatic carbocycles. The third kappa shape index (κ3) is 2.87.